The summed E-state index contributed by atoms with van der Waals surface area (Å²) in [6.45, 7) is 2.62. The molecule has 0 heterocycles. The lowest BCUT2D eigenvalue weighted by atomic mass is 10.5. The summed E-state index contributed by atoms with van der Waals surface area (Å²) in [6, 6.07) is 0. The molecule has 1 unspecified atom stereocenters. The normalized spacial score (nSPS) is 14.2. The molecule has 6 heteroatoms. The highest BCUT2D eigenvalue weighted by Crippen LogP contribution is 2.35. The lowest BCUT2D eigenvalue weighted by Gasteiger charge is -2.11. The topological polar surface area (TPSA) is 83.8 Å². The second-order valence-electron chi connectivity index (χ2n) is 2.27. The van der Waals surface area contributed by atoms with Crippen LogP contribution in [0.4, 0.5) is 0 Å². The highest BCUT2D eigenvalue weighted by molar-refractivity contribution is 7.51. The molecule has 0 aliphatic heterocycles. The molecule has 0 aliphatic rings. The molecule has 0 aromatic carbocycles. The first-order valence-corrected chi connectivity index (χ1v) is 4.83. The predicted octanol–water partition coefficient (Wildman–Crippen LogP) is 0.116. The van der Waals surface area contributed by atoms with Crippen LogP contribution in [0.15, 0.2) is 0 Å². The fraction of sp³-hybridized carbons (Fsp3) is 0.800. The maximum Gasteiger partial charge on any atom is 0.329 e. The van der Waals surface area contributed by atoms with Crippen LogP contribution >= 0.6 is 7.60 Å². The summed E-state index contributed by atoms with van der Waals surface area (Å²) in [5, 5.41) is 0. The standard InChI is InChI=1S/C5H11O5P/c1-4(10-5(2)6)3-11(7,8)9/h4H,3H2,1-2H3,(H2,7,8,9). The summed E-state index contributed by atoms with van der Waals surface area (Å²) in [4.78, 5) is 27.1. The molecule has 0 radical (unpaired) electrons. The minimum absolute atomic E-state index is 0.424. The largest absolute Gasteiger partial charge is 0.462 e. The Morgan fingerprint density at radius 2 is 2.09 bits per heavy atom. The monoisotopic (exact) mass is 182 g/mol. The molecule has 66 valence electrons. The molecular weight excluding hydrogens is 171 g/mol. The van der Waals surface area contributed by atoms with E-state index in [2.05, 4.69) is 4.74 Å². The maximum atomic E-state index is 10.3. The molecule has 0 fully saturated rings. The molecule has 0 saturated heterocycles. The SMILES string of the molecule is CC(=O)OC(C)CP(=O)(O)O. The summed E-state index contributed by atoms with van der Waals surface area (Å²) in [7, 11) is -4.06. The van der Waals surface area contributed by atoms with Gasteiger partial charge in [-0.25, -0.2) is 0 Å². The summed E-state index contributed by atoms with van der Waals surface area (Å²) in [5.41, 5.74) is 0. The van der Waals surface area contributed by atoms with E-state index in [1.165, 1.54) is 13.8 Å². The lowest BCUT2D eigenvalue weighted by Crippen LogP contribution is -2.16. The van der Waals surface area contributed by atoms with Crippen LogP contribution in [0.2, 0.25) is 0 Å². The molecule has 0 spiro atoms. The van der Waals surface area contributed by atoms with E-state index in [-0.39, 0.29) is 0 Å². The quantitative estimate of drug-likeness (QED) is 0.478. The minimum Gasteiger partial charge on any atom is -0.462 e. The van der Waals surface area contributed by atoms with Gasteiger partial charge in [0.1, 0.15) is 6.10 Å². The second kappa shape index (κ2) is 3.85. The molecule has 2 N–H and O–H groups in total. The average Bonchev–Trinajstić information content (AvgIpc) is 1.53. The zero-order valence-electron chi connectivity index (χ0n) is 6.35. The highest BCUT2D eigenvalue weighted by Gasteiger charge is 2.19. The molecule has 0 bridgehead atoms. The number of rotatable bonds is 3. The smallest absolute Gasteiger partial charge is 0.329 e. The van der Waals surface area contributed by atoms with E-state index in [0.717, 1.165) is 0 Å². The van der Waals surface area contributed by atoms with E-state index in [4.69, 9.17) is 9.79 Å². The summed E-state index contributed by atoms with van der Waals surface area (Å²) in [5.74, 6) is -0.536. The van der Waals surface area contributed by atoms with E-state index in [1.807, 2.05) is 0 Å². The van der Waals surface area contributed by atoms with Crippen molar-refractivity contribution in [2.75, 3.05) is 6.16 Å². The Morgan fingerprint density at radius 1 is 1.64 bits per heavy atom. The van der Waals surface area contributed by atoms with Crippen molar-refractivity contribution >= 4 is 13.6 Å². The third-order valence-corrected chi connectivity index (χ3v) is 1.85. The van der Waals surface area contributed by atoms with Gasteiger partial charge in [-0.2, -0.15) is 0 Å². The first kappa shape index (κ1) is 10.6. The Bertz CT molecular complexity index is 183. The van der Waals surface area contributed by atoms with Crippen molar-refractivity contribution < 1.29 is 23.9 Å². The zero-order chi connectivity index (χ0) is 9.07. The Balaban J connectivity index is 3.79. The van der Waals surface area contributed by atoms with Gasteiger partial charge in [0.05, 0.1) is 6.16 Å². The molecule has 0 amide bonds. The van der Waals surface area contributed by atoms with Gasteiger partial charge in [0.15, 0.2) is 0 Å². The predicted molar refractivity (Wildman–Crippen MR) is 38.1 cm³/mol. The molecule has 11 heavy (non-hydrogen) atoms. The van der Waals surface area contributed by atoms with Crippen LogP contribution in [0.25, 0.3) is 0 Å². The second-order valence-corrected chi connectivity index (χ2v) is 3.96. The van der Waals surface area contributed by atoms with Gasteiger partial charge in [0, 0.05) is 6.92 Å². The van der Waals surface area contributed by atoms with Crippen molar-refractivity contribution in [2.45, 2.75) is 20.0 Å². The van der Waals surface area contributed by atoms with Gasteiger partial charge in [-0.1, -0.05) is 0 Å². The number of ether oxygens (including phenoxy) is 1. The van der Waals surface area contributed by atoms with Crippen molar-refractivity contribution in [2.24, 2.45) is 0 Å². The molecule has 0 rings (SSSR count). The lowest BCUT2D eigenvalue weighted by molar-refractivity contribution is -0.144. The number of carbonyl (C=O) groups is 1. The van der Waals surface area contributed by atoms with Gasteiger partial charge in [-0.3, -0.25) is 9.36 Å². The number of esters is 1. The van der Waals surface area contributed by atoms with Crippen molar-refractivity contribution in [3.8, 4) is 0 Å². The number of carbonyl (C=O) groups excluding carboxylic acids is 1. The number of hydrogen-bond acceptors (Lipinski definition) is 3. The van der Waals surface area contributed by atoms with Gasteiger partial charge in [0.2, 0.25) is 0 Å². The Labute approximate surface area is 64.5 Å². The zero-order valence-corrected chi connectivity index (χ0v) is 7.25. The van der Waals surface area contributed by atoms with E-state index in [1.54, 1.807) is 0 Å². The van der Waals surface area contributed by atoms with Gasteiger partial charge < -0.3 is 14.5 Å². The van der Waals surface area contributed by atoms with Crippen molar-refractivity contribution in [1.82, 2.24) is 0 Å². The minimum atomic E-state index is -4.06. The highest BCUT2D eigenvalue weighted by atomic mass is 31.2. The molecule has 0 aliphatic carbocycles. The average molecular weight is 182 g/mol. The molecular formula is C5H11O5P. The van der Waals surface area contributed by atoms with Crippen LogP contribution in [0.1, 0.15) is 13.8 Å². The van der Waals surface area contributed by atoms with E-state index < -0.39 is 25.8 Å². The van der Waals surface area contributed by atoms with Crippen LogP contribution in [-0.2, 0) is 14.1 Å². The summed E-state index contributed by atoms with van der Waals surface area (Å²) < 4.78 is 14.8. The van der Waals surface area contributed by atoms with Gasteiger partial charge in [0.25, 0.3) is 0 Å². The van der Waals surface area contributed by atoms with Crippen LogP contribution in [0.5, 0.6) is 0 Å². The van der Waals surface area contributed by atoms with Gasteiger partial charge in [-0.05, 0) is 6.92 Å². The number of hydrogen-bond donors (Lipinski definition) is 2. The first-order valence-electron chi connectivity index (χ1n) is 3.03. The molecule has 1 atom stereocenters. The molecule has 0 aromatic rings. The van der Waals surface area contributed by atoms with E-state index in [0.29, 0.717) is 0 Å². The van der Waals surface area contributed by atoms with Gasteiger partial charge >= 0.3 is 13.6 Å². The van der Waals surface area contributed by atoms with Crippen molar-refractivity contribution in [3.63, 3.8) is 0 Å². The van der Waals surface area contributed by atoms with E-state index in [9.17, 15) is 9.36 Å². The summed E-state index contributed by atoms with van der Waals surface area (Å²) in [6.07, 6.45) is -1.15. The molecule has 0 saturated carbocycles. The third kappa shape index (κ3) is 7.52. The first-order chi connectivity index (χ1) is 4.81. The van der Waals surface area contributed by atoms with E-state index >= 15 is 0 Å². The van der Waals surface area contributed by atoms with Crippen molar-refractivity contribution in [3.05, 3.63) is 0 Å². The molecule has 0 aromatic heterocycles. The Hall–Kier alpha value is -0.380. The summed E-state index contributed by atoms with van der Waals surface area (Å²) >= 11 is 0. The van der Waals surface area contributed by atoms with Crippen LogP contribution in [-0.4, -0.2) is 28.0 Å². The van der Waals surface area contributed by atoms with Crippen LogP contribution < -0.4 is 0 Å². The Kier molecular flexibility index (Phi) is 3.72. The van der Waals surface area contributed by atoms with Crippen LogP contribution in [0.3, 0.4) is 0 Å². The maximum absolute atomic E-state index is 10.3. The Morgan fingerprint density at radius 3 is 2.36 bits per heavy atom. The van der Waals surface area contributed by atoms with Crippen molar-refractivity contribution in [1.29, 1.82) is 0 Å². The fourth-order valence-corrected chi connectivity index (χ4v) is 1.40. The fourth-order valence-electron chi connectivity index (χ4n) is 0.656. The molecule has 5 nitrogen and oxygen atoms in total. The third-order valence-electron chi connectivity index (χ3n) is 0.862. The van der Waals surface area contributed by atoms with Gasteiger partial charge in [-0.15, -0.1) is 0 Å². The van der Waals surface area contributed by atoms with Crippen LogP contribution in [0, 0.1) is 0 Å².